The van der Waals surface area contributed by atoms with Crippen LogP contribution in [0.2, 0.25) is 0 Å². The predicted octanol–water partition coefficient (Wildman–Crippen LogP) is 2.33. The molecule has 2 aliphatic heterocycles. The fourth-order valence-electron chi connectivity index (χ4n) is 4.54. The number of aromatic nitrogens is 5. The average molecular weight is 384 g/mol. The zero-order valence-corrected chi connectivity index (χ0v) is 16.9. The van der Waals surface area contributed by atoms with Crippen LogP contribution in [0, 0.1) is 25.7 Å². The van der Waals surface area contributed by atoms with E-state index in [4.69, 9.17) is 5.10 Å². The van der Waals surface area contributed by atoms with Gasteiger partial charge < -0.3 is 4.90 Å². The number of thiazole rings is 1. The molecule has 0 aliphatic carbocycles. The topological polar surface area (TPSA) is 62.5 Å². The molecule has 0 bridgehead atoms. The van der Waals surface area contributed by atoms with Gasteiger partial charge >= 0.3 is 0 Å². The van der Waals surface area contributed by atoms with Gasteiger partial charge in [0, 0.05) is 44.0 Å². The third kappa shape index (κ3) is 3.00. The maximum absolute atomic E-state index is 4.81. The van der Waals surface area contributed by atoms with E-state index < -0.39 is 0 Å². The molecular weight excluding hydrogens is 358 g/mol. The molecule has 2 aliphatic rings. The van der Waals surface area contributed by atoms with Gasteiger partial charge in [0.25, 0.3) is 0 Å². The van der Waals surface area contributed by atoms with Gasteiger partial charge in [0.15, 0.2) is 11.5 Å². The van der Waals surface area contributed by atoms with E-state index in [1.54, 1.807) is 0 Å². The molecule has 27 heavy (non-hydrogen) atoms. The molecule has 0 aromatic carbocycles. The summed E-state index contributed by atoms with van der Waals surface area (Å²) in [5.41, 5.74) is 2.03. The van der Waals surface area contributed by atoms with Gasteiger partial charge in [-0.3, -0.25) is 4.90 Å². The first-order chi connectivity index (χ1) is 13.1. The van der Waals surface area contributed by atoms with Gasteiger partial charge in [-0.2, -0.15) is 4.52 Å². The van der Waals surface area contributed by atoms with Crippen molar-refractivity contribution in [3.63, 3.8) is 0 Å². The van der Waals surface area contributed by atoms with Crippen molar-refractivity contribution < 1.29 is 0 Å². The smallest absolute Gasteiger partial charge is 0.178 e. The van der Waals surface area contributed by atoms with E-state index in [0.29, 0.717) is 0 Å². The normalized spacial score (nSPS) is 22.9. The van der Waals surface area contributed by atoms with Crippen molar-refractivity contribution in [3.05, 3.63) is 33.5 Å². The standard InChI is InChI=1S/C19H25N7S/c1-4-17-21-22-18-5-6-19(23-26(17)18)25-9-14-7-24(8-15(14)10-25)11-16-12(2)20-13(3)27-16/h5-6,14-15H,4,7-11H2,1-3H3. The Bertz CT molecular complexity index is 964. The summed E-state index contributed by atoms with van der Waals surface area (Å²) >= 11 is 1.84. The van der Waals surface area contributed by atoms with Crippen LogP contribution in [0.25, 0.3) is 5.65 Å². The number of anilines is 1. The van der Waals surface area contributed by atoms with E-state index in [1.807, 2.05) is 21.9 Å². The molecule has 3 aromatic rings. The second kappa shape index (κ2) is 6.53. The third-order valence-corrected chi connectivity index (χ3v) is 6.94. The number of hydrogen-bond acceptors (Lipinski definition) is 7. The van der Waals surface area contributed by atoms with Crippen LogP contribution in [0.4, 0.5) is 5.82 Å². The van der Waals surface area contributed by atoms with E-state index in [-0.39, 0.29) is 0 Å². The SMILES string of the molecule is CCc1nnc2ccc(N3CC4CN(Cc5sc(C)nc5C)CC4C3)nn12. The van der Waals surface area contributed by atoms with E-state index in [1.165, 1.54) is 28.7 Å². The van der Waals surface area contributed by atoms with Crippen LogP contribution in [-0.4, -0.2) is 55.9 Å². The second-order valence-electron chi connectivity index (χ2n) is 7.79. The van der Waals surface area contributed by atoms with Gasteiger partial charge in [0.05, 0.1) is 10.7 Å². The molecule has 2 unspecified atom stereocenters. The number of likely N-dealkylation sites (tertiary alicyclic amines) is 1. The summed E-state index contributed by atoms with van der Waals surface area (Å²) in [7, 11) is 0. The Morgan fingerprint density at radius 1 is 1.07 bits per heavy atom. The molecule has 142 valence electrons. The molecule has 2 atom stereocenters. The summed E-state index contributed by atoms with van der Waals surface area (Å²) in [6.45, 7) is 11.9. The van der Waals surface area contributed by atoms with Crippen molar-refractivity contribution >= 4 is 22.8 Å². The van der Waals surface area contributed by atoms with Gasteiger partial charge in [0.2, 0.25) is 0 Å². The monoisotopic (exact) mass is 383 g/mol. The second-order valence-corrected chi connectivity index (χ2v) is 9.08. The lowest BCUT2D eigenvalue weighted by Crippen LogP contribution is -2.29. The Morgan fingerprint density at radius 3 is 2.52 bits per heavy atom. The van der Waals surface area contributed by atoms with Crippen molar-refractivity contribution in [2.75, 3.05) is 31.1 Å². The molecule has 2 fully saturated rings. The fraction of sp³-hybridized carbons (Fsp3) is 0.579. The molecule has 0 saturated carbocycles. The summed E-state index contributed by atoms with van der Waals surface area (Å²) in [5, 5.41) is 14.4. The Balaban J connectivity index is 1.27. The van der Waals surface area contributed by atoms with Crippen LogP contribution in [0.3, 0.4) is 0 Å². The van der Waals surface area contributed by atoms with Gasteiger partial charge in [-0.15, -0.1) is 26.6 Å². The largest absolute Gasteiger partial charge is 0.355 e. The van der Waals surface area contributed by atoms with Gasteiger partial charge in [-0.05, 0) is 37.8 Å². The predicted molar refractivity (Wildman–Crippen MR) is 106 cm³/mol. The lowest BCUT2D eigenvalue weighted by Gasteiger charge is -2.22. The van der Waals surface area contributed by atoms with Crippen molar-refractivity contribution in [2.24, 2.45) is 11.8 Å². The molecule has 2 saturated heterocycles. The van der Waals surface area contributed by atoms with Crippen LogP contribution >= 0.6 is 11.3 Å². The number of fused-ring (bicyclic) bond motifs is 2. The van der Waals surface area contributed by atoms with Gasteiger partial charge in [-0.25, -0.2) is 4.98 Å². The highest BCUT2D eigenvalue weighted by atomic mass is 32.1. The maximum atomic E-state index is 4.81. The van der Waals surface area contributed by atoms with Crippen LogP contribution < -0.4 is 4.90 Å². The third-order valence-electron chi connectivity index (χ3n) is 5.88. The van der Waals surface area contributed by atoms with E-state index in [0.717, 1.165) is 55.2 Å². The zero-order valence-electron chi connectivity index (χ0n) is 16.1. The minimum Gasteiger partial charge on any atom is -0.355 e. The van der Waals surface area contributed by atoms with Gasteiger partial charge in [-0.1, -0.05) is 6.92 Å². The van der Waals surface area contributed by atoms with Crippen LogP contribution in [-0.2, 0) is 13.0 Å². The highest BCUT2D eigenvalue weighted by Crippen LogP contribution is 2.34. The van der Waals surface area contributed by atoms with Crippen LogP contribution in [0.15, 0.2) is 12.1 Å². The molecule has 7 nitrogen and oxygen atoms in total. The van der Waals surface area contributed by atoms with Crippen molar-refractivity contribution in [1.82, 2.24) is 29.7 Å². The summed E-state index contributed by atoms with van der Waals surface area (Å²) in [5.74, 6) is 3.42. The average Bonchev–Trinajstić information content (AvgIpc) is 3.37. The molecule has 0 spiro atoms. The Hall–Kier alpha value is -2.06. The number of rotatable bonds is 4. The minimum absolute atomic E-state index is 0.725. The van der Waals surface area contributed by atoms with Gasteiger partial charge in [0.1, 0.15) is 5.82 Å². The summed E-state index contributed by atoms with van der Waals surface area (Å²) in [6.07, 6.45) is 0.842. The first kappa shape index (κ1) is 17.1. The molecule has 5 rings (SSSR count). The first-order valence-electron chi connectivity index (χ1n) is 9.72. The van der Waals surface area contributed by atoms with E-state index in [9.17, 15) is 0 Å². The summed E-state index contributed by atoms with van der Waals surface area (Å²) < 4.78 is 1.89. The van der Waals surface area contributed by atoms with E-state index in [2.05, 4.69) is 51.8 Å². The molecule has 0 amide bonds. The summed E-state index contributed by atoms with van der Waals surface area (Å²) in [4.78, 5) is 11.0. The van der Waals surface area contributed by atoms with Crippen molar-refractivity contribution in [3.8, 4) is 0 Å². The molecule has 3 aromatic heterocycles. The maximum Gasteiger partial charge on any atom is 0.178 e. The highest BCUT2D eigenvalue weighted by molar-refractivity contribution is 7.11. The van der Waals surface area contributed by atoms with Crippen molar-refractivity contribution in [1.29, 1.82) is 0 Å². The highest BCUT2D eigenvalue weighted by Gasteiger charge is 2.40. The molecular formula is C19H25N7S. The van der Waals surface area contributed by atoms with Crippen molar-refractivity contribution in [2.45, 2.75) is 33.7 Å². The van der Waals surface area contributed by atoms with Crippen LogP contribution in [0.5, 0.6) is 0 Å². The molecule has 5 heterocycles. The zero-order chi connectivity index (χ0) is 18.5. The number of nitrogens with zero attached hydrogens (tertiary/aromatic N) is 7. The lowest BCUT2D eigenvalue weighted by atomic mass is 10.0. The first-order valence-corrected chi connectivity index (χ1v) is 10.5. The molecule has 0 radical (unpaired) electrons. The fourth-order valence-corrected chi connectivity index (χ4v) is 5.52. The Morgan fingerprint density at radius 2 is 1.85 bits per heavy atom. The molecule has 8 heteroatoms. The number of hydrogen-bond donors (Lipinski definition) is 0. The Kier molecular flexibility index (Phi) is 4.12. The minimum atomic E-state index is 0.725. The Labute approximate surface area is 163 Å². The lowest BCUT2D eigenvalue weighted by molar-refractivity contribution is 0.310. The molecule has 0 N–H and O–H groups in total. The summed E-state index contributed by atoms with van der Waals surface area (Å²) in [6, 6.07) is 4.12. The van der Waals surface area contributed by atoms with E-state index >= 15 is 0 Å². The number of aryl methyl sites for hydroxylation is 3. The van der Waals surface area contributed by atoms with Crippen LogP contribution in [0.1, 0.15) is 28.3 Å². The quantitative estimate of drug-likeness (QED) is 0.689.